The van der Waals surface area contributed by atoms with Gasteiger partial charge in [0.15, 0.2) is 0 Å². The van der Waals surface area contributed by atoms with E-state index in [1.807, 2.05) is 6.07 Å². The van der Waals surface area contributed by atoms with Crippen molar-refractivity contribution in [2.45, 2.75) is 58.2 Å². The summed E-state index contributed by atoms with van der Waals surface area (Å²) in [6.07, 6.45) is 2.31. The average Bonchev–Trinajstić information content (AvgIpc) is 2.44. The minimum Gasteiger partial charge on any atom is -0.308 e. The molecule has 2 rings (SSSR count). The van der Waals surface area contributed by atoms with Crippen molar-refractivity contribution in [3.8, 4) is 0 Å². The van der Waals surface area contributed by atoms with Gasteiger partial charge >= 0.3 is 0 Å². The van der Waals surface area contributed by atoms with Crippen molar-refractivity contribution in [1.82, 2.24) is 10.2 Å². The molecule has 1 heterocycles. The third-order valence-electron chi connectivity index (χ3n) is 4.98. The quantitative estimate of drug-likeness (QED) is 0.812. The van der Waals surface area contributed by atoms with Crippen molar-refractivity contribution < 1.29 is 0 Å². The molecule has 0 aliphatic carbocycles. The molecular weight excluding hydrogens is 348 g/mol. The summed E-state index contributed by atoms with van der Waals surface area (Å²) >= 11 is 9.88. The third kappa shape index (κ3) is 3.82. The van der Waals surface area contributed by atoms with Crippen LogP contribution in [0.1, 0.15) is 46.1 Å². The van der Waals surface area contributed by atoms with Gasteiger partial charge in [-0.15, -0.1) is 0 Å². The van der Waals surface area contributed by atoms with Crippen molar-refractivity contribution in [3.05, 3.63) is 33.3 Å². The molecule has 1 aromatic rings. The van der Waals surface area contributed by atoms with Gasteiger partial charge in [-0.3, -0.25) is 4.90 Å². The fourth-order valence-electron chi connectivity index (χ4n) is 3.00. The molecule has 2 nitrogen and oxygen atoms in total. The highest BCUT2D eigenvalue weighted by Crippen LogP contribution is 2.31. The Morgan fingerprint density at radius 3 is 2.52 bits per heavy atom. The fraction of sp³-hybridized carbons (Fsp3) is 0.647. The first-order valence-corrected chi connectivity index (χ1v) is 8.93. The molecule has 0 unspecified atom stereocenters. The molecule has 21 heavy (non-hydrogen) atoms. The number of hydrogen-bond donors (Lipinski definition) is 1. The smallest absolute Gasteiger partial charge is 0.0462 e. The maximum Gasteiger partial charge on any atom is 0.0462 e. The van der Waals surface area contributed by atoms with E-state index in [0.717, 1.165) is 42.0 Å². The van der Waals surface area contributed by atoms with Crippen LogP contribution in [0.25, 0.3) is 0 Å². The van der Waals surface area contributed by atoms with Crippen LogP contribution < -0.4 is 5.32 Å². The molecule has 1 saturated heterocycles. The third-order valence-corrected chi connectivity index (χ3v) is 5.82. The minimum atomic E-state index is 0.143. The summed E-state index contributed by atoms with van der Waals surface area (Å²) in [5.41, 5.74) is 1.58. The Balaban J connectivity index is 2.22. The van der Waals surface area contributed by atoms with Crippen LogP contribution in [0.2, 0.25) is 5.02 Å². The van der Waals surface area contributed by atoms with E-state index in [9.17, 15) is 0 Å². The van der Waals surface area contributed by atoms with E-state index in [1.54, 1.807) is 0 Å². The van der Waals surface area contributed by atoms with Gasteiger partial charge in [-0.25, -0.2) is 0 Å². The van der Waals surface area contributed by atoms with Gasteiger partial charge < -0.3 is 5.32 Å². The zero-order valence-corrected chi connectivity index (χ0v) is 15.8. The van der Waals surface area contributed by atoms with E-state index in [1.165, 1.54) is 5.56 Å². The summed E-state index contributed by atoms with van der Waals surface area (Å²) in [5.74, 6) is 0. The van der Waals surface area contributed by atoms with Crippen LogP contribution in [0.4, 0.5) is 0 Å². The van der Waals surface area contributed by atoms with E-state index in [0.29, 0.717) is 0 Å². The number of nitrogens with zero attached hydrogens (tertiary/aromatic N) is 1. The Kier molecular flexibility index (Phi) is 5.40. The Hall–Kier alpha value is -0.0900. The highest BCUT2D eigenvalue weighted by atomic mass is 79.9. The molecule has 0 saturated carbocycles. The summed E-state index contributed by atoms with van der Waals surface area (Å²) in [6.45, 7) is 12.2. The van der Waals surface area contributed by atoms with Crippen molar-refractivity contribution in [3.63, 3.8) is 0 Å². The molecule has 1 aliphatic rings. The lowest BCUT2D eigenvalue weighted by atomic mass is 9.84. The van der Waals surface area contributed by atoms with Gasteiger partial charge in [-0.1, -0.05) is 47.4 Å². The van der Waals surface area contributed by atoms with Crippen LogP contribution in [0.15, 0.2) is 22.7 Å². The molecule has 0 bridgehead atoms. The van der Waals surface area contributed by atoms with Crippen LogP contribution in [-0.2, 0) is 6.54 Å². The molecule has 1 aliphatic heterocycles. The summed E-state index contributed by atoms with van der Waals surface area (Å²) in [7, 11) is 0. The number of rotatable bonds is 4. The molecule has 0 atom stereocenters. The fourth-order valence-corrected chi connectivity index (χ4v) is 3.73. The number of nitrogens with one attached hydrogen (secondary N) is 1. The van der Waals surface area contributed by atoms with Crippen molar-refractivity contribution in [2.75, 3.05) is 13.1 Å². The summed E-state index contributed by atoms with van der Waals surface area (Å²) < 4.78 is 1.03. The molecule has 1 aromatic carbocycles. The second-order valence-electron chi connectivity index (χ2n) is 6.75. The largest absolute Gasteiger partial charge is 0.308 e. The molecule has 0 amide bonds. The highest BCUT2D eigenvalue weighted by molar-refractivity contribution is 9.10. The van der Waals surface area contributed by atoms with Gasteiger partial charge in [0.1, 0.15) is 0 Å². The lowest BCUT2D eigenvalue weighted by molar-refractivity contribution is 0.0162. The zero-order chi connectivity index (χ0) is 15.7. The van der Waals surface area contributed by atoms with Crippen LogP contribution >= 0.6 is 27.5 Å². The lowest BCUT2D eigenvalue weighted by Crippen LogP contribution is -2.67. The van der Waals surface area contributed by atoms with E-state index >= 15 is 0 Å². The second-order valence-corrected chi connectivity index (χ2v) is 8.07. The maximum atomic E-state index is 6.41. The Morgan fingerprint density at radius 2 is 1.95 bits per heavy atom. The van der Waals surface area contributed by atoms with Crippen molar-refractivity contribution >= 4 is 27.5 Å². The van der Waals surface area contributed by atoms with Gasteiger partial charge in [0.25, 0.3) is 0 Å². The van der Waals surface area contributed by atoms with Crippen LogP contribution in [0, 0.1) is 0 Å². The standard InChI is InChI=1S/C17H26BrClN2/c1-5-17(6-2)12-21(16(3,4)11-20-17)10-13-7-8-14(18)9-15(13)19/h7-9,20H,5-6,10-12H2,1-4H3. The van der Waals surface area contributed by atoms with Crippen LogP contribution in [-0.4, -0.2) is 29.1 Å². The first kappa shape index (κ1) is 17.3. The summed E-state index contributed by atoms with van der Waals surface area (Å²) in [6, 6.07) is 6.19. The number of benzene rings is 1. The number of piperazine rings is 1. The molecular formula is C17H26BrClN2. The minimum absolute atomic E-state index is 0.143. The molecule has 0 spiro atoms. The highest BCUT2D eigenvalue weighted by Gasteiger charge is 2.40. The molecule has 0 aromatic heterocycles. The predicted octanol–water partition coefficient (Wildman–Crippen LogP) is 4.85. The lowest BCUT2D eigenvalue weighted by Gasteiger charge is -2.52. The Morgan fingerprint density at radius 1 is 1.29 bits per heavy atom. The van der Waals surface area contributed by atoms with Crippen LogP contribution in [0.3, 0.4) is 0 Å². The summed E-state index contributed by atoms with van der Waals surface area (Å²) in [5, 5.41) is 4.62. The average molecular weight is 374 g/mol. The Bertz CT molecular complexity index is 498. The molecule has 1 fully saturated rings. The van der Waals surface area contributed by atoms with Gasteiger partial charge in [-0.05, 0) is 44.4 Å². The van der Waals surface area contributed by atoms with Gasteiger partial charge in [0.2, 0.25) is 0 Å². The molecule has 118 valence electrons. The topological polar surface area (TPSA) is 15.3 Å². The van der Waals surface area contributed by atoms with Crippen molar-refractivity contribution in [1.29, 1.82) is 0 Å². The first-order chi connectivity index (χ1) is 9.82. The Labute approximate surface area is 142 Å². The molecule has 4 heteroatoms. The molecule has 0 radical (unpaired) electrons. The summed E-state index contributed by atoms with van der Waals surface area (Å²) in [4.78, 5) is 2.58. The maximum absolute atomic E-state index is 6.41. The van der Waals surface area contributed by atoms with E-state index < -0.39 is 0 Å². The zero-order valence-electron chi connectivity index (χ0n) is 13.5. The number of halogens is 2. The monoisotopic (exact) mass is 372 g/mol. The van der Waals surface area contributed by atoms with E-state index in [-0.39, 0.29) is 11.1 Å². The number of hydrogen-bond acceptors (Lipinski definition) is 2. The molecule has 1 N–H and O–H groups in total. The predicted molar refractivity (Wildman–Crippen MR) is 95.0 cm³/mol. The first-order valence-electron chi connectivity index (χ1n) is 7.76. The second kappa shape index (κ2) is 6.57. The SMILES string of the molecule is CCC1(CC)CN(Cc2ccc(Br)cc2Cl)C(C)(C)CN1. The van der Waals surface area contributed by atoms with Gasteiger partial charge in [0, 0.05) is 40.2 Å². The van der Waals surface area contributed by atoms with E-state index in [2.05, 4.69) is 66.0 Å². The van der Waals surface area contributed by atoms with Crippen LogP contribution in [0.5, 0.6) is 0 Å². The van der Waals surface area contributed by atoms with Crippen molar-refractivity contribution in [2.24, 2.45) is 0 Å². The normalized spacial score (nSPS) is 21.4. The van der Waals surface area contributed by atoms with Gasteiger partial charge in [-0.2, -0.15) is 0 Å². The van der Waals surface area contributed by atoms with Gasteiger partial charge in [0.05, 0.1) is 0 Å². The van der Waals surface area contributed by atoms with E-state index in [4.69, 9.17) is 11.6 Å².